The maximum absolute atomic E-state index is 12.2. The lowest BCUT2D eigenvalue weighted by molar-refractivity contribution is 0.102. The van der Waals surface area contributed by atoms with E-state index >= 15 is 0 Å². The Balaban J connectivity index is 1.76. The van der Waals surface area contributed by atoms with E-state index in [1.807, 2.05) is 18.2 Å². The van der Waals surface area contributed by atoms with Gasteiger partial charge < -0.3 is 9.26 Å². The molecule has 1 aromatic carbocycles. The van der Waals surface area contributed by atoms with Gasteiger partial charge in [0.25, 0.3) is 5.91 Å². The number of hydrogen-bond donors (Lipinski definition) is 1. The van der Waals surface area contributed by atoms with Crippen molar-refractivity contribution in [2.45, 2.75) is 0 Å². The SMILES string of the molecule is COc1cccc(C(=O)Nc2cc(-c3ccccn3)no2)c1. The number of hydrogen-bond acceptors (Lipinski definition) is 5. The van der Waals surface area contributed by atoms with E-state index < -0.39 is 0 Å². The van der Waals surface area contributed by atoms with Crippen LogP contribution in [0.1, 0.15) is 10.4 Å². The van der Waals surface area contributed by atoms with Gasteiger partial charge in [-0.2, -0.15) is 0 Å². The van der Waals surface area contributed by atoms with E-state index in [2.05, 4.69) is 15.5 Å². The van der Waals surface area contributed by atoms with E-state index in [1.165, 1.54) is 0 Å². The largest absolute Gasteiger partial charge is 0.497 e. The fourth-order valence-electron chi connectivity index (χ4n) is 1.92. The molecule has 2 aromatic heterocycles. The van der Waals surface area contributed by atoms with E-state index in [4.69, 9.17) is 9.26 Å². The Kier molecular flexibility index (Phi) is 3.82. The van der Waals surface area contributed by atoms with E-state index in [-0.39, 0.29) is 11.8 Å². The molecule has 0 saturated heterocycles. The van der Waals surface area contributed by atoms with Crippen LogP contribution in [0.3, 0.4) is 0 Å². The first-order valence-electron chi connectivity index (χ1n) is 6.60. The summed E-state index contributed by atoms with van der Waals surface area (Å²) in [7, 11) is 1.55. The number of rotatable bonds is 4. The van der Waals surface area contributed by atoms with E-state index in [0.29, 0.717) is 22.7 Å². The molecule has 0 spiro atoms. The topological polar surface area (TPSA) is 77.2 Å². The maximum Gasteiger partial charge on any atom is 0.258 e. The Labute approximate surface area is 126 Å². The van der Waals surface area contributed by atoms with Crippen LogP contribution in [-0.4, -0.2) is 23.2 Å². The second kappa shape index (κ2) is 6.09. The van der Waals surface area contributed by atoms with Gasteiger partial charge in [0.1, 0.15) is 11.4 Å². The molecule has 0 aliphatic rings. The second-order valence-corrected chi connectivity index (χ2v) is 4.48. The molecule has 1 amide bonds. The third-order valence-electron chi connectivity index (χ3n) is 3.01. The van der Waals surface area contributed by atoms with Crippen LogP contribution in [0, 0.1) is 0 Å². The van der Waals surface area contributed by atoms with Crippen molar-refractivity contribution in [2.24, 2.45) is 0 Å². The molecule has 1 N–H and O–H groups in total. The van der Waals surface area contributed by atoms with Crippen LogP contribution in [0.2, 0.25) is 0 Å². The fraction of sp³-hybridized carbons (Fsp3) is 0.0625. The molecule has 0 radical (unpaired) electrons. The minimum absolute atomic E-state index is 0.258. The van der Waals surface area contributed by atoms with Gasteiger partial charge in [0.2, 0.25) is 5.88 Å². The zero-order valence-electron chi connectivity index (χ0n) is 11.8. The molecule has 0 fully saturated rings. The van der Waals surface area contributed by atoms with Gasteiger partial charge in [0.15, 0.2) is 0 Å². The molecule has 0 bridgehead atoms. The van der Waals surface area contributed by atoms with Crippen molar-refractivity contribution in [1.82, 2.24) is 10.1 Å². The molecule has 0 aliphatic heterocycles. The first kappa shape index (κ1) is 13.8. The molecule has 22 heavy (non-hydrogen) atoms. The summed E-state index contributed by atoms with van der Waals surface area (Å²) in [6, 6.07) is 13.9. The Morgan fingerprint density at radius 2 is 2.05 bits per heavy atom. The molecule has 2 heterocycles. The number of ether oxygens (including phenoxy) is 1. The fourth-order valence-corrected chi connectivity index (χ4v) is 1.92. The van der Waals surface area contributed by atoms with Crippen LogP contribution in [0.25, 0.3) is 11.4 Å². The van der Waals surface area contributed by atoms with Gasteiger partial charge in [-0.15, -0.1) is 0 Å². The summed E-state index contributed by atoms with van der Waals surface area (Å²) in [5.74, 6) is 0.565. The first-order valence-corrected chi connectivity index (χ1v) is 6.60. The van der Waals surface area contributed by atoms with Crippen molar-refractivity contribution in [1.29, 1.82) is 0 Å². The van der Waals surface area contributed by atoms with E-state index in [9.17, 15) is 4.79 Å². The molecular formula is C16H13N3O3. The molecule has 6 heteroatoms. The summed E-state index contributed by atoms with van der Waals surface area (Å²) in [5, 5.41) is 6.54. The number of nitrogens with one attached hydrogen (secondary N) is 1. The summed E-state index contributed by atoms with van der Waals surface area (Å²) >= 11 is 0. The predicted molar refractivity (Wildman–Crippen MR) is 80.7 cm³/mol. The molecule has 6 nitrogen and oxygen atoms in total. The second-order valence-electron chi connectivity index (χ2n) is 4.48. The van der Waals surface area contributed by atoms with Crippen LogP contribution in [-0.2, 0) is 0 Å². The van der Waals surface area contributed by atoms with Gasteiger partial charge in [-0.05, 0) is 30.3 Å². The van der Waals surface area contributed by atoms with E-state index in [1.54, 1.807) is 43.6 Å². The van der Waals surface area contributed by atoms with Gasteiger partial charge in [0.05, 0.1) is 12.8 Å². The van der Waals surface area contributed by atoms with Gasteiger partial charge in [-0.3, -0.25) is 15.1 Å². The molecule has 0 aliphatic carbocycles. The van der Waals surface area contributed by atoms with E-state index in [0.717, 1.165) is 0 Å². The zero-order chi connectivity index (χ0) is 15.4. The highest BCUT2D eigenvalue weighted by atomic mass is 16.5. The van der Waals surface area contributed by atoms with Crippen LogP contribution in [0.4, 0.5) is 5.88 Å². The smallest absolute Gasteiger partial charge is 0.258 e. The molecule has 0 saturated carbocycles. The Morgan fingerprint density at radius 3 is 2.82 bits per heavy atom. The summed E-state index contributed by atoms with van der Waals surface area (Å²) in [6.45, 7) is 0. The predicted octanol–water partition coefficient (Wildman–Crippen LogP) is 3.00. The Morgan fingerprint density at radius 1 is 1.14 bits per heavy atom. The highest BCUT2D eigenvalue weighted by Gasteiger charge is 2.12. The summed E-state index contributed by atoms with van der Waals surface area (Å²) in [4.78, 5) is 16.3. The average Bonchev–Trinajstić information content (AvgIpc) is 3.04. The number of carbonyl (C=O) groups excluding carboxylic acids is 1. The third kappa shape index (κ3) is 2.95. The molecule has 0 unspecified atom stereocenters. The van der Waals surface area contributed by atoms with Crippen molar-refractivity contribution in [3.63, 3.8) is 0 Å². The van der Waals surface area contributed by atoms with Crippen LogP contribution < -0.4 is 10.1 Å². The minimum atomic E-state index is -0.303. The van der Waals surface area contributed by atoms with Gasteiger partial charge in [-0.25, -0.2) is 0 Å². The highest BCUT2D eigenvalue weighted by molar-refractivity contribution is 6.03. The number of pyridine rings is 1. The molecular weight excluding hydrogens is 282 g/mol. The lowest BCUT2D eigenvalue weighted by Gasteiger charge is -2.03. The first-order chi connectivity index (χ1) is 10.8. The number of amides is 1. The van der Waals surface area contributed by atoms with Gasteiger partial charge in [0, 0.05) is 17.8 Å². The number of anilines is 1. The molecule has 0 atom stereocenters. The zero-order valence-corrected chi connectivity index (χ0v) is 11.8. The minimum Gasteiger partial charge on any atom is -0.497 e. The Bertz CT molecular complexity index is 784. The third-order valence-corrected chi connectivity index (χ3v) is 3.01. The van der Waals surface area contributed by atoms with Crippen molar-refractivity contribution in [3.8, 4) is 17.1 Å². The Hall–Kier alpha value is -3.15. The molecule has 3 aromatic rings. The van der Waals surface area contributed by atoms with Crippen molar-refractivity contribution >= 4 is 11.8 Å². The maximum atomic E-state index is 12.2. The lowest BCUT2D eigenvalue weighted by atomic mass is 10.2. The number of methoxy groups -OCH3 is 1. The highest BCUT2D eigenvalue weighted by Crippen LogP contribution is 2.20. The average molecular weight is 295 g/mol. The quantitative estimate of drug-likeness (QED) is 0.800. The number of benzene rings is 1. The van der Waals surface area contributed by atoms with Crippen LogP contribution in [0.15, 0.2) is 59.3 Å². The summed E-state index contributed by atoms with van der Waals surface area (Å²) in [6.07, 6.45) is 1.67. The van der Waals surface area contributed by atoms with Crippen LogP contribution >= 0.6 is 0 Å². The summed E-state index contributed by atoms with van der Waals surface area (Å²) < 4.78 is 10.2. The van der Waals surface area contributed by atoms with Crippen molar-refractivity contribution in [3.05, 3.63) is 60.3 Å². The summed E-state index contributed by atoms with van der Waals surface area (Å²) in [5.41, 5.74) is 1.70. The number of carbonyl (C=O) groups is 1. The van der Waals surface area contributed by atoms with Crippen molar-refractivity contribution < 1.29 is 14.1 Å². The monoisotopic (exact) mass is 295 g/mol. The van der Waals surface area contributed by atoms with Crippen molar-refractivity contribution in [2.75, 3.05) is 12.4 Å². The van der Waals surface area contributed by atoms with Crippen LogP contribution in [0.5, 0.6) is 5.75 Å². The lowest BCUT2D eigenvalue weighted by Crippen LogP contribution is -2.11. The number of nitrogens with zero attached hydrogens (tertiary/aromatic N) is 2. The van der Waals surface area contributed by atoms with Gasteiger partial charge in [-0.1, -0.05) is 17.3 Å². The standard InChI is InChI=1S/C16H13N3O3/c1-21-12-6-4-5-11(9-12)16(20)18-15-10-14(19-22-15)13-7-2-3-8-17-13/h2-10H,1H3,(H,18,20). The normalized spacial score (nSPS) is 10.2. The molecule has 110 valence electrons. The molecule has 3 rings (SSSR count). The van der Waals surface area contributed by atoms with Gasteiger partial charge >= 0.3 is 0 Å². The number of aromatic nitrogens is 2.